The van der Waals surface area contributed by atoms with Crippen LogP contribution in [0.2, 0.25) is 0 Å². The lowest BCUT2D eigenvalue weighted by Crippen LogP contribution is -2.26. The molecule has 2 N–H and O–H groups in total. The standard InChI is InChI=1S/C16H27NO/c1-4-9-17-12-15(10-13(2)3)11-14-5-7-16(18)8-6-14/h5-8,13,15,17-18H,4,9-12H2,1-3H3. The molecule has 0 amide bonds. The minimum Gasteiger partial charge on any atom is -0.508 e. The van der Waals surface area contributed by atoms with Gasteiger partial charge in [0, 0.05) is 0 Å². The molecule has 0 heterocycles. The number of aromatic hydroxyl groups is 1. The second-order valence-electron chi connectivity index (χ2n) is 5.57. The Morgan fingerprint density at radius 1 is 1.17 bits per heavy atom. The first kappa shape index (κ1) is 15.0. The molecule has 0 aliphatic carbocycles. The van der Waals surface area contributed by atoms with Crippen LogP contribution in [-0.2, 0) is 6.42 Å². The summed E-state index contributed by atoms with van der Waals surface area (Å²) < 4.78 is 0. The molecule has 0 saturated heterocycles. The van der Waals surface area contributed by atoms with Crippen LogP contribution in [0.25, 0.3) is 0 Å². The zero-order chi connectivity index (χ0) is 13.4. The molecule has 2 nitrogen and oxygen atoms in total. The second kappa shape index (κ2) is 8.15. The van der Waals surface area contributed by atoms with Gasteiger partial charge in [0.1, 0.15) is 5.75 Å². The second-order valence-corrected chi connectivity index (χ2v) is 5.57. The van der Waals surface area contributed by atoms with Crippen LogP contribution in [0.1, 0.15) is 39.2 Å². The average Bonchev–Trinajstić information content (AvgIpc) is 2.31. The van der Waals surface area contributed by atoms with Gasteiger partial charge in [0.15, 0.2) is 0 Å². The lowest BCUT2D eigenvalue weighted by Gasteiger charge is -2.19. The van der Waals surface area contributed by atoms with E-state index < -0.39 is 0 Å². The van der Waals surface area contributed by atoms with Crippen molar-refractivity contribution in [3.63, 3.8) is 0 Å². The van der Waals surface area contributed by atoms with E-state index in [9.17, 15) is 5.11 Å². The Bertz CT molecular complexity index is 318. The van der Waals surface area contributed by atoms with Crippen molar-refractivity contribution < 1.29 is 5.11 Å². The third kappa shape index (κ3) is 6.06. The summed E-state index contributed by atoms with van der Waals surface area (Å²) in [7, 11) is 0. The van der Waals surface area contributed by atoms with Gasteiger partial charge in [0.25, 0.3) is 0 Å². The highest BCUT2D eigenvalue weighted by Crippen LogP contribution is 2.18. The van der Waals surface area contributed by atoms with Crippen LogP contribution in [0.4, 0.5) is 0 Å². The SMILES string of the molecule is CCCNCC(Cc1ccc(O)cc1)CC(C)C. The van der Waals surface area contributed by atoms with Gasteiger partial charge in [0.05, 0.1) is 0 Å². The Kier molecular flexibility index (Phi) is 6.81. The molecular weight excluding hydrogens is 222 g/mol. The Morgan fingerprint density at radius 2 is 1.83 bits per heavy atom. The summed E-state index contributed by atoms with van der Waals surface area (Å²) in [5.74, 6) is 1.76. The topological polar surface area (TPSA) is 32.3 Å². The third-order valence-corrected chi connectivity index (χ3v) is 3.13. The Hall–Kier alpha value is -1.02. The first-order valence-corrected chi connectivity index (χ1v) is 7.10. The number of hydrogen-bond donors (Lipinski definition) is 2. The molecule has 1 aromatic rings. The largest absolute Gasteiger partial charge is 0.508 e. The highest BCUT2D eigenvalue weighted by atomic mass is 16.3. The fourth-order valence-corrected chi connectivity index (χ4v) is 2.35. The molecule has 0 aliphatic heterocycles. The molecule has 0 saturated carbocycles. The van der Waals surface area contributed by atoms with Gasteiger partial charge in [0.2, 0.25) is 0 Å². The Labute approximate surface area is 111 Å². The maximum absolute atomic E-state index is 9.30. The fraction of sp³-hybridized carbons (Fsp3) is 0.625. The fourth-order valence-electron chi connectivity index (χ4n) is 2.35. The quantitative estimate of drug-likeness (QED) is 0.690. The smallest absolute Gasteiger partial charge is 0.115 e. The molecule has 18 heavy (non-hydrogen) atoms. The molecule has 0 aromatic heterocycles. The van der Waals surface area contributed by atoms with Gasteiger partial charge in [-0.05, 0) is 61.9 Å². The van der Waals surface area contributed by atoms with Crippen molar-refractivity contribution in [3.05, 3.63) is 29.8 Å². The monoisotopic (exact) mass is 249 g/mol. The normalized spacial score (nSPS) is 12.9. The van der Waals surface area contributed by atoms with Crippen molar-refractivity contribution in [2.75, 3.05) is 13.1 Å². The van der Waals surface area contributed by atoms with Gasteiger partial charge >= 0.3 is 0 Å². The first-order valence-electron chi connectivity index (χ1n) is 7.10. The predicted molar refractivity (Wildman–Crippen MR) is 77.9 cm³/mol. The number of phenols is 1. The summed E-state index contributed by atoms with van der Waals surface area (Å²) >= 11 is 0. The number of benzene rings is 1. The summed E-state index contributed by atoms with van der Waals surface area (Å²) in [4.78, 5) is 0. The van der Waals surface area contributed by atoms with E-state index in [0.29, 0.717) is 11.7 Å². The van der Waals surface area contributed by atoms with Crippen LogP contribution in [-0.4, -0.2) is 18.2 Å². The number of phenolic OH excluding ortho intramolecular Hbond substituents is 1. The number of nitrogens with one attached hydrogen (secondary N) is 1. The van der Waals surface area contributed by atoms with Crippen molar-refractivity contribution >= 4 is 0 Å². The van der Waals surface area contributed by atoms with Crippen LogP contribution < -0.4 is 5.32 Å². The zero-order valence-electron chi connectivity index (χ0n) is 11.9. The van der Waals surface area contributed by atoms with Gasteiger partial charge in [-0.25, -0.2) is 0 Å². The molecule has 2 heteroatoms. The molecule has 1 rings (SSSR count). The molecule has 0 fully saturated rings. The molecular formula is C16H27NO. The zero-order valence-corrected chi connectivity index (χ0v) is 11.9. The lowest BCUT2D eigenvalue weighted by molar-refractivity contribution is 0.385. The van der Waals surface area contributed by atoms with E-state index in [0.717, 1.165) is 25.4 Å². The molecule has 0 bridgehead atoms. The average molecular weight is 249 g/mol. The van der Waals surface area contributed by atoms with E-state index in [-0.39, 0.29) is 0 Å². The van der Waals surface area contributed by atoms with Crippen molar-refractivity contribution in [3.8, 4) is 5.75 Å². The van der Waals surface area contributed by atoms with Crippen molar-refractivity contribution in [1.82, 2.24) is 5.32 Å². The number of hydrogen-bond acceptors (Lipinski definition) is 2. The molecule has 0 aliphatic rings. The minimum atomic E-state index is 0.350. The van der Waals surface area contributed by atoms with E-state index in [1.165, 1.54) is 18.4 Å². The van der Waals surface area contributed by atoms with Gasteiger partial charge < -0.3 is 10.4 Å². The van der Waals surface area contributed by atoms with Crippen molar-refractivity contribution in [1.29, 1.82) is 0 Å². The number of rotatable bonds is 8. The van der Waals surface area contributed by atoms with Gasteiger partial charge in [-0.3, -0.25) is 0 Å². The Balaban J connectivity index is 2.51. The Morgan fingerprint density at radius 3 is 2.39 bits per heavy atom. The molecule has 1 unspecified atom stereocenters. The summed E-state index contributed by atoms with van der Waals surface area (Å²) in [6, 6.07) is 7.62. The lowest BCUT2D eigenvalue weighted by atomic mass is 9.91. The van der Waals surface area contributed by atoms with Crippen LogP contribution >= 0.6 is 0 Å². The van der Waals surface area contributed by atoms with E-state index in [1.807, 2.05) is 12.1 Å². The summed E-state index contributed by atoms with van der Waals surface area (Å²) in [6.07, 6.45) is 3.53. The highest BCUT2D eigenvalue weighted by molar-refractivity contribution is 5.26. The van der Waals surface area contributed by atoms with E-state index >= 15 is 0 Å². The summed E-state index contributed by atoms with van der Waals surface area (Å²) in [5, 5.41) is 12.8. The molecule has 1 aromatic carbocycles. The highest BCUT2D eigenvalue weighted by Gasteiger charge is 2.11. The van der Waals surface area contributed by atoms with E-state index in [4.69, 9.17) is 0 Å². The predicted octanol–water partition coefficient (Wildman–Crippen LogP) is 3.60. The molecule has 0 spiro atoms. The maximum atomic E-state index is 9.30. The first-order chi connectivity index (χ1) is 8.61. The van der Waals surface area contributed by atoms with Crippen LogP contribution in [0.3, 0.4) is 0 Å². The van der Waals surface area contributed by atoms with Gasteiger partial charge in [-0.15, -0.1) is 0 Å². The molecule has 1 atom stereocenters. The summed E-state index contributed by atoms with van der Waals surface area (Å²) in [5.41, 5.74) is 1.32. The van der Waals surface area contributed by atoms with E-state index in [2.05, 4.69) is 26.1 Å². The van der Waals surface area contributed by atoms with Gasteiger partial charge in [-0.1, -0.05) is 32.9 Å². The van der Waals surface area contributed by atoms with Crippen LogP contribution in [0.15, 0.2) is 24.3 Å². The molecule has 102 valence electrons. The van der Waals surface area contributed by atoms with Crippen LogP contribution in [0, 0.1) is 11.8 Å². The van der Waals surface area contributed by atoms with Crippen molar-refractivity contribution in [2.24, 2.45) is 11.8 Å². The third-order valence-electron chi connectivity index (χ3n) is 3.13. The minimum absolute atomic E-state index is 0.350. The van der Waals surface area contributed by atoms with Crippen molar-refractivity contribution in [2.45, 2.75) is 40.0 Å². The van der Waals surface area contributed by atoms with Crippen LogP contribution in [0.5, 0.6) is 5.75 Å². The van der Waals surface area contributed by atoms with E-state index in [1.54, 1.807) is 12.1 Å². The molecule has 0 radical (unpaired) electrons. The summed E-state index contributed by atoms with van der Waals surface area (Å²) in [6.45, 7) is 8.95. The van der Waals surface area contributed by atoms with Gasteiger partial charge in [-0.2, -0.15) is 0 Å². The maximum Gasteiger partial charge on any atom is 0.115 e.